The molecule has 0 saturated carbocycles. The number of benzene rings is 1. The minimum Gasteiger partial charge on any atom is -0.343 e. The number of quaternary nitrogens is 1. The van der Waals surface area contributed by atoms with Crippen LogP contribution >= 0.6 is 0 Å². The van der Waals surface area contributed by atoms with E-state index in [-0.39, 0.29) is 11.2 Å². The van der Waals surface area contributed by atoms with Crippen molar-refractivity contribution in [2.24, 2.45) is 14.1 Å². The summed E-state index contributed by atoms with van der Waals surface area (Å²) in [6.07, 6.45) is 0. The monoisotopic (exact) mass is 355 g/mol. The minimum absolute atomic E-state index is 0.304. The van der Waals surface area contributed by atoms with Crippen molar-refractivity contribution >= 4 is 17.1 Å². The second-order valence-corrected chi connectivity index (χ2v) is 6.71. The molecular weight excluding hydrogens is 332 g/mol. The Hall–Kier alpha value is -2.87. The summed E-state index contributed by atoms with van der Waals surface area (Å²) in [6, 6.07) is 10.0. The first-order valence-corrected chi connectivity index (χ1v) is 8.84. The quantitative estimate of drug-likeness (QED) is 0.644. The Kier molecular flexibility index (Phi) is 4.12. The second kappa shape index (κ2) is 6.45. The zero-order valence-electron chi connectivity index (χ0n) is 15.1. The summed E-state index contributed by atoms with van der Waals surface area (Å²) < 4.78 is 4.56. The third-order valence-electron chi connectivity index (χ3n) is 5.00. The lowest BCUT2D eigenvalue weighted by atomic mass is 10.2. The molecule has 0 unspecified atom stereocenters. The largest absolute Gasteiger partial charge is 0.343 e. The molecule has 0 amide bonds. The van der Waals surface area contributed by atoms with Crippen molar-refractivity contribution in [2.75, 3.05) is 31.1 Å². The standard InChI is InChI=1S/C18H22N6O2/c1-21-15-14(16(25)22(2)18(21)26)24(12-13-6-4-3-5-7-13)17(20-15)23-10-8-19-9-11-23/h3-7,19H,8-12H2,1-2H3/p+1. The summed E-state index contributed by atoms with van der Waals surface area (Å²) >= 11 is 0. The molecule has 0 atom stereocenters. The third-order valence-corrected chi connectivity index (χ3v) is 5.00. The Labute approximate surface area is 150 Å². The number of fused-ring (bicyclic) bond motifs is 1. The number of nitrogens with zero attached hydrogens (tertiary/aromatic N) is 5. The number of nitrogens with two attached hydrogens (primary N) is 1. The summed E-state index contributed by atoms with van der Waals surface area (Å²) in [5, 5.41) is 2.27. The molecule has 8 nitrogen and oxygen atoms in total. The fraction of sp³-hybridized carbons (Fsp3) is 0.389. The third kappa shape index (κ3) is 2.62. The number of hydrogen-bond donors (Lipinski definition) is 1. The summed E-state index contributed by atoms with van der Waals surface area (Å²) in [6.45, 7) is 4.26. The maximum atomic E-state index is 12.9. The summed E-state index contributed by atoms with van der Waals surface area (Å²) in [5.41, 5.74) is 1.35. The zero-order chi connectivity index (χ0) is 18.3. The molecule has 8 heteroatoms. The van der Waals surface area contributed by atoms with Crippen LogP contribution in [0.25, 0.3) is 11.2 Å². The smallest absolute Gasteiger partial charge is 0.332 e. The van der Waals surface area contributed by atoms with E-state index in [1.165, 1.54) is 11.6 Å². The molecule has 1 aliphatic heterocycles. The molecule has 1 aliphatic rings. The van der Waals surface area contributed by atoms with Gasteiger partial charge in [-0.05, 0) is 5.56 Å². The molecule has 3 heterocycles. The van der Waals surface area contributed by atoms with Crippen LogP contribution < -0.4 is 21.5 Å². The van der Waals surface area contributed by atoms with E-state index in [4.69, 9.17) is 4.98 Å². The van der Waals surface area contributed by atoms with E-state index in [0.29, 0.717) is 17.7 Å². The van der Waals surface area contributed by atoms with E-state index in [0.717, 1.165) is 42.3 Å². The first kappa shape index (κ1) is 16.6. The highest BCUT2D eigenvalue weighted by molar-refractivity contribution is 5.74. The number of imidazole rings is 1. The summed E-state index contributed by atoms with van der Waals surface area (Å²) in [5.74, 6) is 0.759. The van der Waals surface area contributed by atoms with Gasteiger partial charge in [0.25, 0.3) is 5.56 Å². The van der Waals surface area contributed by atoms with Crippen molar-refractivity contribution in [3.63, 3.8) is 0 Å². The topological polar surface area (TPSA) is 81.7 Å². The van der Waals surface area contributed by atoms with Crippen molar-refractivity contribution in [2.45, 2.75) is 6.54 Å². The van der Waals surface area contributed by atoms with Gasteiger partial charge in [-0.25, -0.2) is 4.79 Å². The molecule has 2 aromatic heterocycles. The number of hydrogen-bond acceptors (Lipinski definition) is 4. The van der Waals surface area contributed by atoms with Crippen LogP contribution in [0.1, 0.15) is 5.56 Å². The maximum Gasteiger partial charge on any atom is 0.332 e. The first-order chi connectivity index (χ1) is 12.6. The highest BCUT2D eigenvalue weighted by Gasteiger charge is 2.24. The minimum atomic E-state index is -0.356. The number of anilines is 1. The molecule has 1 aromatic carbocycles. The molecule has 136 valence electrons. The van der Waals surface area contributed by atoms with Gasteiger partial charge in [-0.1, -0.05) is 30.3 Å². The molecule has 0 aliphatic carbocycles. The van der Waals surface area contributed by atoms with Gasteiger partial charge in [0.1, 0.15) is 0 Å². The molecule has 0 spiro atoms. The lowest BCUT2D eigenvalue weighted by molar-refractivity contribution is -0.655. The maximum absolute atomic E-state index is 12.9. The van der Waals surface area contributed by atoms with Crippen LogP contribution in [0.4, 0.5) is 5.95 Å². The van der Waals surface area contributed by atoms with Crippen LogP contribution in [0.5, 0.6) is 0 Å². The van der Waals surface area contributed by atoms with Crippen LogP contribution in [0, 0.1) is 0 Å². The lowest BCUT2D eigenvalue weighted by Crippen LogP contribution is -2.89. The van der Waals surface area contributed by atoms with Gasteiger partial charge < -0.3 is 10.2 Å². The predicted octanol–water partition coefficient (Wildman–Crippen LogP) is -1.13. The predicted molar refractivity (Wildman–Crippen MR) is 99.6 cm³/mol. The average Bonchev–Trinajstić information content (AvgIpc) is 3.05. The average molecular weight is 355 g/mol. The Morgan fingerprint density at radius 2 is 1.73 bits per heavy atom. The van der Waals surface area contributed by atoms with Crippen molar-refractivity contribution in [3.8, 4) is 0 Å². The van der Waals surface area contributed by atoms with Crippen molar-refractivity contribution in [3.05, 3.63) is 56.7 Å². The van der Waals surface area contributed by atoms with Gasteiger partial charge in [0.05, 0.1) is 32.7 Å². The fourth-order valence-corrected chi connectivity index (χ4v) is 3.54. The molecule has 2 N–H and O–H groups in total. The van der Waals surface area contributed by atoms with E-state index >= 15 is 0 Å². The molecular formula is C18H23N6O2+. The van der Waals surface area contributed by atoms with Gasteiger partial charge in [-0.15, -0.1) is 0 Å². The summed E-state index contributed by atoms with van der Waals surface area (Å²) in [7, 11) is 3.18. The van der Waals surface area contributed by atoms with Gasteiger partial charge in [0, 0.05) is 14.1 Å². The van der Waals surface area contributed by atoms with E-state index in [1.807, 2.05) is 34.9 Å². The van der Waals surface area contributed by atoms with E-state index in [1.54, 1.807) is 7.05 Å². The van der Waals surface area contributed by atoms with E-state index in [2.05, 4.69) is 10.2 Å². The zero-order valence-corrected chi connectivity index (χ0v) is 15.1. The van der Waals surface area contributed by atoms with Crippen LogP contribution in [-0.4, -0.2) is 44.9 Å². The highest BCUT2D eigenvalue weighted by atomic mass is 16.2. The molecule has 1 fully saturated rings. The molecule has 0 radical (unpaired) electrons. The van der Waals surface area contributed by atoms with Crippen LogP contribution in [0.3, 0.4) is 0 Å². The molecule has 4 rings (SSSR count). The second-order valence-electron chi connectivity index (χ2n) is 6.71. The molecule has 3 aromatic rings. The molecule has 26 heavy (non-hydrogen) atoms. The summed E-state index contributed by atoms with van der Waals surface area (Å²) in [4.78, 5) is 32.1. The lowest BCUT2D eigenvalue weighted by Gasteiger charge is -2.26. The number of aryl methyl sites for hydroxylation is 1. The fourth-order valence-electron chi connectivity index (χ4n) is 3.54. The molecule has 1 saturated heterocycles. The SMILES string of the molecule is Cn1c(=O)c2c(nc(N3CC[NH2+]CC3)n2Cc2ccccc2)n(C)c1=O. The number of rotatable bonds is 3. The Morgan fingerprint density at radius 3 is 2.42 bits per heavy atom. The van der Waals surface area contributed by atoms with Gasteiger partial charge in [-0.3, -0.25) is 18.5 Å². The number of aromatic nitrogens is 4. The normalized spacial score (nSPS) is 14.9. The van der Waals surface area contributed by atoms with Crippen LogP contribution in [0.2, 0.25) is 0 Å². The van der Waals surface area contributed by atoms with Gasteiger partial charge >= 0.3 is 5.69 Å². The Morgan fingerprint density at radius 1 is 1.04 bits per heavy atom. The van der Waals surface area contributed by atoms with Crippen LogP contribution in [-0.2, 0) is 20.6 Å². The first-order valence-electron chi connectivity index (χ1n) is 8.84. The van der Waals surface area contributed by atoms with Crippen LogP contribution in [0.15, 0.2) is 39.9 Å². The molecule has 0 bridgehead atoms. The Bertz CT molecular complexity index is 1060. The van der Waals surface area contributed by atoms with Gasteiger partial charge in [-0.2, -0.15) is 4.98 Å². The van der Waals surface area contributed by atoms with Gasteiger partial charge in [0.2, 0.25) is 5.95 Å². The highest BCUT2D eigenvalue weighted by Crippen LogP contribution is 2.21. The van der Waals surface area contributed by atoms with Crippen molar-refractivity contribution in [1.82, 2.24) is 18.7 Å². The van der Waals surface area contributed by atoms with Crippen molar-refractivity contribution < 1.29 is 5.32 Å². The van der Waals surface area contributed by atoms with E-state index in [9.17, 15) is 9.59 Å². The van der Waals surface area contributed by atoms with E-state index < -0.39 is 0 Å². The Balaban J connectivity index is 1.98. The van der Waals surface area contributed by atoms with Gasteiger partial charge in [0.15, 0.2) is 11.2 Å². The number of piperazine rings is 1. The van der Waals surface area contributed by atoms with Crippen molar-refractivity contribution in [1.29, 1.82) is 0 Å².